The summed E-state index contributed by atoms with van der Waals surface area (Å²) in [6.07, 6.45) is 9.13. The van der Waals surface area contributed by atoms with Crippen LogP contribution in [0.3, 0.4) is 0 Å². The number of ether oxygens (including phenoxy) is 1. The normalized spacial score (nSPS) is 10.5. The van der Waals surface area contributed by atoms with Gasteiger partial charge in [0.05, 0.1) is 19.1 Å². The number of rotatable bonds is 5. The standard InChI is InChI=1S/C14H14N4O/c1-2-12(13-9-16-17-10-13)8-14(3-1)19-7-6-18-5-4-15-11-18/h1-5,8-11H,6-7H2,(H,16,17). The quantitative estimate of drug-likeness (QED) is 0.760. The minimum Gasteiger partial charge on any atom is -0.492 e. The highest BCUT2D eigenvalue weighted by Gasteiger charge is 2.01. The molecule has 1 N–H and O–H groups in total. The summed E-state index contributed by atoms with van der Waals surface area (Å²) in [6, 6.07) is 7.98. The van der Waals surface area contributed by atoms with Crippen LogP contribution in [0.2, 0.25) is 0 Å². The molecule has 19 heavy (non-hydrogen) atoms. The molecule has 96 valence electrons. The van der Waals surface area contributed by atoms with Crippen LogP contribution in [0.15, 0.2) is 55.4 Å². The Morgan fingerprint density at radius 2 is 2.26 bits per heavy atom. The van der Waals surface area contributed by atoms with E-state index >= 15 is 0 Å². The number of aromatic nitrogens is 4. The highest BCUT2D eigenvalue weighted by molar-refractivity contribution is 5.63. The van der Waals surface area contributed by atoms with Crippen molar-refractivity contribution in [3.8, 4) is 16.9 Å². The van der Waals surface area contributed by atoms with E-state index in [-0.39, 0.29) is 0 Å². The molecule has 1 aromatic carbocycles. The molecule has 3 rings (SSSR count). The molecule has 0 aliphatic rings. The number of H-pyrrole nitrogens is 1. The van der Waals surface area contributed by atoms with E-state index < -0.39 is 0 Å². The number of hydrogen-bond donors (Lipinski definition) is 1. The van der Waals surface area contributed by atoms with E-state index in [1.165, 1.54) is 0 Å². The summed E-state index contributed by atoms with van der Waals surface area (Å²) < 4.78 is 7.72. The van der Waals surface area contributed by atoms with Gasteiger partial charge >= 0.3 is 0 Å². The number of nitrogens with one attached hydrogen (secondary N) is 1. The van der Waals surface area contributed by atoms with Gasteiger partial charge in [0.15, 0.2) is 0 Å². The van der Waals surface area contributed by atoms with Gasteiger partial charge in [-0.15, -0.1) is 0 Å². The predicted octanol–water partition coefficient (Wildman–Crippen LogP) is 2.35. The van der Waals surface area contributed by atoms with Gasteiger partial charge in [-0.25, -0.2) is 4.98 Å². The van der Waals surface area contributed by atoms with Crippen molar-refractivity contribution in [2.45, 2.75) is 6.54 Å². The fourth-order valence-corrected chi connectivity index (χ4v) is 1.86. The number of benzene rings is 1. The van der Waals surface area contributed by atoms with Crippen molar-refractivity contribution in [2.24, 2.45) is 0 Å². The Hall–Kier alpha value is -2.56. The van der Waals surface area contributed by atoms with E-state index in [0.717, 1.165) is 23.4 Å². The Balaban J connectivity index is 1.63. The lowest BCUT2D eigenvalue weighted by Gasteiger charge is -2.07. The maximum absolute atomic E-state index is 5.74. The Kier molecular flexibility index (Phi) is 3.27. The van der Waals surface area contributed by atoms with Crippen LogP contribution < -0.4 is 4.74 Å². The third kappa shape index (κ3) is 2.82. The van der Waals surface area contributed by atoms with Gasteiger partial charge in [0.2, 0.25) is 0 Å². The molecule has 5 nitrogen and oxygen atoms in total. The molecule has 0 unspecified atom stereocenters. The topological polar surface area (TPSA) is 55.7 Å². The summed E-state index contributed by atoms with van der Waals surface area (Å²) in [4.78, 5) is 3.99. The third-order valence-electron chi connectivity index (χ3n) is 2.84. The van der Waals surface area contributed by atoms with Gasteiger partial charge in [-0.2, -0.15) is 5.10 Å². The van der Waals surface area contributed by atoms with E-state index in [2.05, 4.69) is 15.2 Å². The zero-order chi connectivity index (χ0) is 12.9. The molecule has 0 saturated carbocycles. The van der Waals surface area contributed by atoms with Crippen molar-refractivity contribution < 1.29 is 4.74 Å². The van der Waals surface area contributed by atoms with Crippen LogP contribution in [0.5, 0.6) is 5.75 Å². The highest BCUT2D eigenvalue weighted by Crippen LogP contribution is 2.22. The zero-order valence-electron chi connectivity index (χ0n) is 10.4. The second-order valence-electron chi connectivity index (χ2n) is 4.16. The summed E-state index contributed by atoms with van der Waals surface area (Å²) in [5, 5.41) is 6.76. The highest BCUT2D eigenvalue weighted by atomic mass is 16.5. The van der Waals surface area contributed by atoms with Gasteiger partial charge in [0.25, 0.3) is 0 Å². The second-order valence-corrected chi connectivity index (χ2v) is 4.16. The average Bonchev–Trinajstić information content (AvgIpc) is 3.12. The minimum absolute atomic E-state index is 0.616. The van der Waals surface area contributed by atoms with Crippen molar-refractivity contribution in [2.75, 3.05) is 6.61 Å². The lowest BCUT2D eigenvalue weighted by atomic mass is 10.1. The summed E-state index contributed by atoms with van der Waals surface area (Å²) in [6.45, 7) is 1.40. The number of aromatic amines is 1. The van der Waals surface area contributed by atoms with Crippen LogP contribution in [0.4, 0.5) is 0 Å². The molecule has 0 radical (unpaired) electrons. The van der Waals surface area contributed by atoms with Crippen LogP contribution in [-0.2, 0) is 6.54 Å². The SMILES string of the molecule is c1cc(OCCn2ccnc2)cc(-c2cn[nH]c2)c1. The lowest BCUT2D eigenvalue weighted by molar-refractivity contribution is 0.298. The molecule has 0 spiro atoms. The van der Waals surface area contributed by atoms with Gasteiger partial charge in [0, 0.05) is 24.2 Å². The van der Waals surface area contributed by atoms with Crippen molar-refractivity contribution in [1.82, 2.24) is 19.7 Å². The number of hydrogen-bond acceptors (Lipinski definition) is 3. The summed E-state index contributed by atoms with van der Waals surface area (Å²) in [5.41, 5.74) is 2.15. The van der Waals surface area contributed by atoms with Crippen molar-refractivity contribution >= 4 is 0 Å². The van der Waals surface area contributed by atoms with Crippen molar-refractivity contribution in [3.05, 3.63) is 55.4 Å². The van der Waals surface area contributed by atoms with Crippen molar-refractivity contribution in [3.63, 3.8) is 0 Å². The Morgan fingerprint density at radius 1 is 1.26 bits per heavy atom. The fourth-order valence-electron chi connectivity index (χ4n) is 1.86. The van der Waals surface area contributed by atoms with Gasteiger partial charge in [-0.1, -0.05) is 12.1 Å². The third-order valence-corrected chi connectivity index (χ3v) is 2.84. The van der Waals surface area contributed by atoms with Gasteiger partial charge in [-0.3, -0.25) is 5.10 Å². The average molecular weight is 254 g/mol. The van der Waals surface area contributed by atoms with Crippen LogP contribution >= 0.6 is 0 Å². The largest absolute Gasteiger partial charge is 0.492 e. The maximum atomic E-state index is 5.74. The maximum Gasteiger partial charge on any atom is 0.120 e. The van der Waals surface area contributed by atoms with E-state index in [1.807, 2.05) is 41.2 Å². The van der Waals surface area contributed by atoms with E-state index in [4.69, 9.17) is 4.74 Å². The first-order chi connectivity index (χ1) is 9.42. The number of nitrogens with zero attached hydrogens (tertiary/aromatic N) is 3. The molecule has 3 aromatic rings. The molecule has 0 amide bonds. The number of imidazole rings is 1. The van der Waals surface area contributed by atoms with Crippen LogP contribution in [0.25, 0.3) is 11.1 Å². The molecule has 0 aliphatic heterocycles. The van der Waals surface area contributed by atoms with Gasteiger partial charge in [0.1, 0.15) is 12.4 Å². The van der Waals surface area contributed by atoms with E-state index in [9.17, 15) is 0 Å². The minimum atomic E-state index is 0.616. The zero-order valence-corrected chi connectivity index (χ0v) is 10.4. The first-order valence-corrected chi connectivity index (χ1v) is 6.09. The summed E-state index contributed by atoms with van der Waals surface area (Å²) in [5.74, 6) is 0.860. The molecule has 0 saturated heterocycles. The first-order valence-electron chi connectivity index (χ1n) is 6.09. The van der Waals surface area contributed by atoms with Crippen LogP contribution in [0, 0.1) is 0 Å². The lowest BCUT2D eigenvalue weighted by Crippen LogP contribution is -2.06. The molecule has 2 aromatic heterocycles. The molecule has 0 atom stereocenters. The summed E-state index contributed by atoms with van der Waals surface area (Å²) in [7, 11) is 0. The Morgan fingerprint density at radius 3 is 3.05 bits per heavy atom. The second kappa shape index (κ2) is 5.39. The van der Waals surface area contributed by atoms with Crippen molar-refractivity contribution in [1.29, 1.82) is 0 Å². The molecule has 2 heterocycles. The van der Waals surface area contributed by atoms with Crippen LogP contribution in [0.1, 0.15) is 0 Å². The molecule has 0 fully saturated rings. The smallest absolute Gasteiger partial charge is 0.120 e. The Bertz CT molecular complexity index is 617. The van der Waals surface area contributed by atoms with Gasteiger partial charge in [-0.05, 0) is 17.7 Å². The molecule has 0 bridgehead atoms. The fraction of sp³-hybridized carbons (Fsp3) is 0.143. The molecule has 0 aliphatic carbocycles. The Labute approximate surface area is 110 Å². The first kappa shape index (κ1) is 11.5. The molecule has 5 heteroatoms. The molecular formula is C14H14N4O. The van der Waals surface area contributed by atoms with E-state index in [0.29, 0.717) is 6.61 Å². The van der Waals surface area contributed by atoms with Crippen LogP contribution in [-0.4, -0.2) is 26.4 Å². The monoisotopic (exact) mass is 254 g/mol. The molecular weight excluding hydrogens is 240 g/mol. The summed E-state index contributed by atoms with van der Waals surface area (Å²) >= 11 is 0. The predicted molar refractivity (Wildman–Crippen MR) is 71.7 cm³/mol. The van der Waals surface area contributed by atoms with E-state index in [1.54, 1.807) is 18.7 Å². The van der Waals surface area contributed by atoms with Gasteiger partial charge < -0.3 is 9.30 Å².